The van der Waals surface area contributed by atoms with E-state index >= 15 is 0 Å². The molecule has 1 amide bonds. The van der Waals surface area contributed by atoms with Gasteiger partial charge < -0.3 is 0 Å². The number of carbonyl (C=O) groups excluding carboxylic acids is 1. The standard InChI is InChI=1S/C20H17FN4O/c1-2-20(26)25-19(12-17(24-25)13-4-3-5-15(21)10-13)14-6-7-16-18(11-14)23-9-8-22-16/h3-11,19H,2,12H2,1H3/t19-/m1/s1. The van der Waals surface area contributed by atoms with Gasteiger partial charge in [0.15, 0.2) is 0 Å². The highest BCUT2D eigenvalue weighted by Crippen LogP contribution is 2.34. The summed E-state index contributed by atoms with van der Waals surface area (Å²) in [6.45, 7) is 1.81. The van der Waals surface area contributed by atoms with E-state index in [-0.39, 0.29) is 17.8 Å². The number of fused-ring (bicyclic) bond motifs is 1. The summed E-state index contributed by atoms with van der Waals surface area (Å²) in [5.74, 6) is -0.386. The summed E-state index contributed by atoms with van der Waals surface area (Å²) in [5.41, 5.74) is 3.91. The molecule has 1 aliphatic rings. The number of nitrogens with zero attached hydrogens (tertiary/aromatic N) is 4. The minimum atomic E-state index is -0.317. The fourth-order valence-electron chi connectivity index (χ4n) is 3.19. The molecule has 0 unspecified atom stereocenters. The van der Waals surface area contributed by atoms with Gasteiger partial charge in [-0.25, -0.2) is 9.40 Å². The molecule has 4 rings (SSSR count). The van der Waals surface area contributed by atoms with Crippen LogP contribution in [0.15, 0.2) is 60.0 Å². The summed E-state index contributed by atoms with van der Waals surface area (Å²) in [7, 11) is 0. The Hall–Kier alpha value is -3.15. The zero-order valence-electron chi connectivity index (χ0n) is 14.3. The van der Waals surface area contributed by atoms with Gasteiger partial charge in [-0.05, 0) is 29.8 Å². The summed E-state index contributed by atoms with van der Waals surface area (Å²) in [6.07, 6.45) is 4.17. The van der Waals surface area contributed by atoms with Crippen LogP contribution in [0.3, 0.4) is 0 Å². The Labute approximate surface area is 150 Å². The molecule has 0 radical (unpaired) electrons. The molecule has 2 aromatic carbocycles. The lowest BCUT2D eigenvalue weighted by Crippen LogP contribution is -2.26. The molecule has 3 aromatic rings. The Morgan fingerprint density at radius 2 is 1.96 bits per heavy atom. The number of benzene rings is 2. The highest BCUT2D eigenvalue weighted by atomic mass is 19.1. The summed E-state index contributed by atoms with van der Waals surface area (Å²) in [6, 6.07) is 11.9. The van der Waals surface area contributed by atoms with Gasteiger partial charge in [0.1, 0.15) is 5.82 Å². The molecule has 1 atom stereocenters. The molecule has 0 aliphatic carbocycles. The van der Waals surface area contributed by atoms with E-state index in [9.17, 15) is 9.18 Å². The summed E-state index contributed by atoms with van der Waals surface area (Å²) in [5, 5.41) is 6.02. The zero-order valence-corrected chi connectivity index (χ0v) is 14.3. The minimum Gasteiger partial charge on any atom is -0.273 e. The van der Waals surface area contributed by atoms with Gasteiger partial charge >= 0.3 is 0 Å². The molecular formula is C20H17FN4O. The van der Waals surface area contributed by atoms with E-state index in [2.05, 4.69) is 15.1 Å². The molecule has 0 N–H and O–H groups in total. The predicted octanol–water partition coefficient (Wildman–Crippen LogP) is 3.86. The van der Waals surface area contributed by atoms with Crippen LogP contribution in [-0.4, -0.2) is 26.6 Å². The van der Waals surface area contributed by atoms with Crippen molar-refractivity contribution in [3.8, 4) is 0 Å². The van der Waals surface area contributed by atoms with Crippen molar-refractivity contribution in [1.82, 2.24) is 15.0 Å². The van der Waals surface area contributed by atoms with E-state index < -0.39 is 0 Å². The topological polar surface area (TPSA) is 58.5 Å². The van der Waals surface area contributed by atoms with Crippen LogP contribution in [0.1, 0.15) is 36.9 Å². The molecule has 6 heteroatoms. The van der Waals surface area contributed by atoms with Crippen molar-refractivity contribution in [3.05, 3.63) is 71.8 Å². The number of amides is 1. The third-order valence-electron chi connectivity index (χ3n) is 4.50. The van der Waals surface area contributed by atoms with Gasteiger partial charge in [-0.2, -0.15) is 5.10 Å². The first-order valence-electron chi connectivity index (χ1n) is 8.52. The van der Waals surface area contributed by atoms with E-state index in [1.807, 2.05) is 24.3 Å². The Morgan fingerprint density at radius 3 is 2.73 bits per heavy atom. The molecule has 1 aliphatic heterocycles. The van der Waals surface area contributed by atoms with E-state index in [1.165, 1.54) is 17.1 Å². The second kappa shape index (κ2) is 6.63. The van der Waals surface area contributed by atoms with Gasteiger partial charge in [-0.3, -0.25) is 14.8 Å². The number of carbonyl (C=O) groups is 1. The molecule has 0 saturated carbocycles. The largest absolute Gasteiger partial charge is 0.273 e. The van der Waals surface area contributed by atoms with Crippen LogP contribution < -0.4 is 0 Å². The van der Waals surface area contributed by atoms with Crippen molar-refractivity contribution in [2.75, 3.05) is 0 Å². The lowest BCUT2D eigenvalue weighted by atomic mass is 9.98. The lowest BCUT2D eigenvalue weighted by molar-refractivity contribution is -0.132. The maximum absolute atomic E-state index is 13.6. The average Bonchev–Trinajstić information content (AvgIpc) is 3.12. The number of aromatic nitrogens is 2. The van der Waals surface area contributed by atoms with Crippen LogP contribution in [0, 0.1) is 5.82 Å². The SMILES string of the molecule is CCC(=O)N1N=C(c2cccc(F)c2)C[C@@H]1c1ccc2nccnc2c1. The quantitative estimate of drug-likeness (QED) is 0.722. The highest BCUT2D eigenvalue weighted by Gasteiger charge is 2.32. The zero-order chi connectivity index (χ0) is 18.1. The van der Waals surface area contributed by atoms with Crippen LogP contribution >= 0.6 is 0 Å². The molecule has 0 saturated heterocycles. The van der Waals surface area contributed by atoms with Gasteiger partial charge in [-0.15, -0.1) is 0 Å². The molecule has 5 nitrogen and oxygen atoms in total. The first-order chi connectivity index (χ1) is 12.7. The first-order valence-corrected chi connectivity index (χ1v) is 8.52. The van der Waals surface area contributed by atoms with Gasteiger partial charge in [-0.1, -0.05) is 25.1 Å². The number of hydrogen-bond donors (Lipinski definition) is 0. The maximum atomic E-state index is 13.6. The molecule has 0 bridgehead atoms. The van der Waals surface area contributed by atoms with Crippen molar-refractivity contribution in [2.45, 2.75) is 25.8 Å². The Bertz CT molecular complexity index is 1020. The van der Waals surface area contributed by atoms with Gasteiger partial charge in [0.05, 0.1) is 22.8 Å². The summed E-state index contributed by atoms with van der Waals surface area (Å²) < 4.78 is 13.6. The molecule has 0 fully saturated rings. The fourth-order valence-corrected chi connectivity index (χ4v) is 3.19. The van der Waals surface area contributed by atoms with Gasteiger partial charge in [0, 0.05) is 30.8 Å². The molecular weight excluding hydrogens is 331 g/mol. The van der Waals surface area contributed by atoms with Crippen molar-refractivity contribution >= 4 is 22.7 Å². The number of hydrogen-bond acceptors (Lipinski definition) is 4. The van der Waals surface area contributed by atoms with Crippen LogP contribution in [0.25, 0.3) is 11.0 Å². The maximum Gasteiger partial charge on any atom is 0.242 e. The van der Waals surface area contributed by atoms with E-state index in [4.69, 9.17) is 0 Å². The Morgan fingerprint density at radius 1 is 1.15 bits per heavy atom. The van der Waals surface area contributed by atoms with E-state index in [1.54, 1.807) is 25.4 Å². The Balaban J connectivity index is 1.73. The van der Waals surface area contributed by atoms with Crippen LogP contribution in [0.5, 0.6) is 0 Å². The average molecular weight is 348 g/mol. The van der Waals surface area contributed by atoms with E-state index in [0.717, 1.165) is 16.6 Å². The molecule has 26 heavy (non-hydrogen) atoms. The van der Waals surface area contributed by atoms with Crippen molar-refractivity contribution in [2.24, 2.45) is 5.10 Å². The summed E-state index contributed by atoms with van der Waals surface area (Å²) >= 11 is 0. The van der Waals surface area contributed by atoms with Gasteiger partial charge in [0.25, 0.3) is 0 Å². The molecule has 0 spiro atoms. The Kier molecular flexibility index (Phi) is 4.16. The van der Waals surface area contributed by atoms with Crippen molar-refractivity contribution in [1.29, 1.82) is 0 Å². The lowest BCUT2D eigenvalue weighted by Gasteiger charge is -2.21. The number of rotatable bonds is 3. The fraction of sp³-hybridized carbons (Fsp3) is 0.200. The third-order valence-corrected chi connectivity index (χ3v) is 4.50. The second-order valence-corrected chi connectivity index (χ2v) is 6.17. The minimum absolute atomic E-state index is 0.0688. The summed E-state index contributed by atoms with van der Waals surface area (Å²) in [4.78, 5) is 21.0. The molecule has 130 valence electrons. The highest BCUT2D eigenvalue weighted by molar-refractivity contribution is 6.03. The van der Waals surface area contributed by atoms with Crippen LogP contribution in [0.2, 0.25) is 0 Å². The molecule has 2 heterocycles. The smallest absolute Gasteiger partial charge is 0.242 e. The molecule has 1 aromatic heterocycles. The van der Waals surface area contributed by atoms with Crippen molar-refractivity contribution < 1.29 is 9.18 Å². The van der Waals surface area contributed by atoms with Crippen LogP contribution in [0.4, 0.5) is 4.39 Å². The number of halogens is 1. The second-order valence-electron chi connectivity index (χ2n) is 6.17. The van der Waals surface area contributed by atoms with Crippen LogP contribution in [-0.2, 0) is 4.79 Å². The monoisotopic (exact) mass is 348 g/mol. The van der Waals surface area contributed by atoms with E-state index in [0.29, 0.717) is 24.1 Å². The first kappa shape index (κ1) is 16.3. The third kappa shape index (κ3) is 2.94. The normalized spacial score (nSPS) is 16.8. The number of hydrazone groups is 1. The predicted molar refractivity (Wildman–Crippen MR) is 97.0 cm³/mol. The van der Waals surface area contributed by atoms with Gasteiger partial charge in [0.2, 0.25) is 5.91 Å². The van der Waals surface area contributed by atoms with Crippen molar-refractivity contribution in [3.63, 3.8) is 0 Å².